The van der Waals surface area contributed by atoms with Gasteiger partial charge in [-0.2, -0.15) is 0 Å². The second-order valence-corrected chi connectivity index (χ2v) is 14.8. The molecule has 0 N–H and O–H groups in total. The Bertz CT molecular complexity index is 2790. The summed E-state index contributed by atoms with van der Waals surface area (Å²) in [5, 5.41) is 0. The van der Waals surface area contributed by atoms with E-state index in [9.17, 15) is 0 Å². The Morgan fingerprint density at radius 1 is 0.250 bits per heavy atom. The molecule has 1 spiro atoms. The summed E-state index contributed by atoms with van der Waals surface area (Å²) in [6, 6.07) is 82.7. The highest BCUT2D eigenvalue weighted by Gasteiger charge is 2.49. The lowest BCUT2D eigenvalue weighted by Crippen LogP contribution is -2.29. The molecule has 2 aliphatic carbocycles. The minimum atomic E-state index is -0.522. The number of anilines is 3. The fourth-order valence-corrected chi connectivity index (χ4v) is 9.65. The lowest BCUT2D eigenvalue weighted by atomic mass is 9.66. The van der Waals surface area contributed by atoms with Crippen LogP contribution in [0.25, 0.3) is 55.6 Å². The standard InChI is InChI=1S/C55H37N/c1-3-19-38(20-4-1)41-23-12-17-33-53(41)56(54-34-18-13-24-42(54)39-21-5-2-6-22-39)40-35-36-52-48(37-40)44-26-8-7-25-43(44)45-27-9-14-30-49(45)55(52)50-31-15-10-28-46(50)47-29-11-16-32-51(47)55/h1-37H. The third-order valence-electron chi connectivity index (χ3n) is 11.9. The number of para-hydroxylation sites is 2. The van der Waals surface area contributed by atoms with Crippen molar-refractivity contribution in [2.75, 3.05) is 4.90 Å². The molecule has 0 radical (unpaired) electrons. The number of benzene rings is 9. The maximum atomic E-state index is 2.48. The Hall–Kier alpha value is -7.22. The van der Waals surface area contributed by atoms with E-state index in [1.807, 2.05) is 0 Å². The summed E-state index contributed by atoms with van der Waals surface area (Å²) >= 11 is 0. The molecule has 0 bridgehead atoms. The van der Waals surface area contributed by atoms with Gasteiger partial charge in [-0.1, -0.05) is 200 Å². The molecule has 9 aromatic rings. The molecule has 9 aromatic carbocycles. The summed E-state index contributed by atoms with van der Waals surface area (Å²) in [4.78, 5) is 2.48. The molecular weight excluding hydrogens is 675 g/mol. The fraction of sp³-hybridized carbons (Fsp3) is 0.0182. The molecule has 0 saturated heterocycles. The van der Waals surface area contributed by atoms with E-state index in [4.69, 9.17) is 0 Å². The van der Waals surface area contributed by atoms with Crippen molar-refractivity contribution in [1.82, 2.24) is 0 Å². The van der Waals surface area contributed by atoms with Crippen LogP contribution in [-0.4, -0.2) is 0 Å². The van der Waals surface area contributed by atoms with Crippen LogP contribution in [-0.2, 0) is 5.41 Å². The molecule has 0 amide bonds. The topological polar surface area (TPSA) is 3.24 Å². The van der Waals surface area contributed by atoms with Gasteiger partial charge >= 0.3 is 0 Å². The smallest absolute Gasteiger partial charge is 0.0725 e. The number of hydrogen-bond acceptors (Lipinski definition) is 1. The average molecular weight is 712 g/mol. The Kier molecular flexibility index (Phi) is 7.47. The highest BCUT2D eigenvalue weighted by atomic mass is 15.1. The van der Waals surface area contributed by atoms with Crippen LogP contribution in [0.2, 0.25) is 0 Å². The first-order chi connectivity index (χ1) is 27.8. The summed E-state index contributed by atoms with van der Waals surface area (Å²) in [5.74, 6) is 0. The van der Waals surface area contributed by atoms with E-state index in [-0.39, 0.29) is 0 Å². The van der Waals surface area contributed by atoms with Gasteiger partial charge in [-0.15, -0.1) is 0 Å². The number of fused-ring (bicyclic) bond motifs is 12. The van der Waals surface area contributed by atoms with E-state index in [1.54, 1.807) is 0 Å². The molecule has 0 fully saturated rings. The molecule has 0 aliphatic heterocycles. The van der Waals surface area contributed by atoms with Gasteiger partial charge in [-0.25, -0.2) is 0 Å². The van der Waals surface area contributed by atoms with Gasteiger partial charge in [0.05, 0.1) is 16.8 Å². The van der Waals surface area contributed by atoms with E-state index in [0.29, 0.717) is 0 Å². The first kappa shape index (κ1) is 32.2. The number of hydrogen-bond donors (Lipinski definition) is 0. The van der Waals surface area contributed by atoms with E-state index >= 15 is 0 Å². The van der Waals surface area contributed by atoms with Crippen LogP contribution in [0, 0.1) is 0 Å². The summed E-state index contributed by atoms with van der Waals surface area (Å²) in [7, 11) is 0. The summed E-state index contributed by atoms with van der Waals surface area (Å²) < 4.78 is 0. The Morgan fingerprint density at radius 3 is 1.07 bits per heavy atom. The Balaban J connectivity index is 1.25. The van der Waals surface area contributed by atoms with Crippen LogP contribution < -0.4 is 4.90 Å². The van der Waals surface area contributed by atoms with Crippen molar-refractivity contribution < 1.29 is 0 Å². The van der Waals surface area contributed by atoms with E-state index in [1.165, 1.54) is 77.9 Å². The van der Waals surface area contributed by atoms with Crippen molar-refractivity contribution in [2.45, 2.75) is 5.41 Å². The predicted molar refractivity (Wildman–Crippen MR) is 234 cm³/mol. The van der Waals surface area contributed by atoms with Gasteiger partial charge in [0, 0.05) is 16.8 Å². The number of rotatable bonds is 5. The Labute approximate surface area is 328 Å². The van der Waals surface area contributed by atoms with E-state index in [0.717, 1.165) is 17.1 Å². The Morgan fingerprint density at radius 2 is 0.589 bits per heavy atom. The van der Waals surface area contributed by atoms with Gasteiger partial charge in [-0.05, 0) is 91.0 Å². The van der Waals surface area contributed by atoms with Crippen LogP contribution >= 0.6 is 0 Å². The lowest BCUT2D eigenvalue weighted by molar-refractivity contribution is 0.775. The average Bonchev–Trinajstić information content (AvgIpc) is 3.52. The van der Waals surface area contributed by atoms with Gasteiger partial charge in [0.15, 0.2) is 0 Å². The lowest BCUT2D eigenvalue weighted by Gasteiger charge is -2.36. The van der Waals surface area contributed by atoms with Crippen molar-refractivity contribution in [2.24, 2.45) is 0 Å². The third kappa shape index (κ3) is 4.74. The second kappa shape index (κ2) is 13.0. The quantitative estimate of drug-likeness (QED) is 0.172. The zero-order chi connectivity index (χ0) is 37.1. The molecule has 0 saturated carbocycles. The van der Waals surface area contributed by atoms with Crippen molar-refractivity contribution in [3.8, 4) is 55.6 Å². The summed E-state index contributed by atoms with van der Waals surface area (Å²) in [6.45, 7) is 0. The molecule has 1 heteroatoms. The van der Waals surface area contributed by atoms with Crippen molar-refractivity contribution in [3.05, 3.63) is 247 Å². The molecule has 11 rings (SSSR count). The van der Waals surface area contributed by atoms with Crippen LogP contribution in [0.1, 0.15) is 22.3 Å². The van der Waals surface area contributed by atoms with Crippen LogP contribution in [0.3, 0.4) is 0 Å². The predicted octanol–water partition coefficient (Wildman–Crippen LogP) is 14.5. The maximum absolute atomic E-state index is 2.48. The molecule has 0 atom stereocenters. The summed E-state index contributed by atoms with van der Waals surface area (Å²) in [6.07, 6.45) is 0. The van der Waals surface area contributed by atoms with Crippen molar-refractivity contribution >= 4 is 17.1 Å². The third-order valence-corrected chi connectivity index (χ3v) is 11.9. The molecular formula is C55H37N. The van der Waals surface area contributed by atoms with Gasteiger partial charge < -0.3 is 4.90 Å². The normalized spacial score (nSPS) is 12.8. The minimum Gasteiger partial charge on any atom is -0.309 e. The number of nitrogens with zero attached hydrogens (tertiary/aromatic N) is 1. The molecule has 262 valence electrons. The minimum absolute atomic E-state index is 0.522. The first-order valence-electron chi connectivity index (χ1n) is 19.4. The monoisotopic (exact) mass is 711 g/mol. The molecule has 1 nitrogen and oxygen atoms in total. The van der Waals surface area contributed by atoms with Gasteiger partial charge in [0.1, 0.15) is 0 Å². The molecule has 0 aromatic heterocycles. The van der Waals surface area contributed by atoms with Gasteiger partial charge in [0.25, 0.3) is 0 Å². The maximum Gasteiger partial charge on any atom is 0.0725 e. The van der Waals surface area contributed by atoms with Crippen LogP contribution in [0.15, 0.2) is 224 Å². The second-order valence-electron chi connectivity index (χ2n) is 14.8. The van der Waals surface area contributed by atoms with Crippen LogP contribution in [0.4, 0.5) is 17.1 Å². The highest BCUT2D eigenvalue weighted by molar-refractivity contribution is 6.00. The molecule has 56 heavy (non-hydrogen) atoms. The summed E-state index contributed by atoms with van der Waals surface area (Å²) in [5.41, 5.74) is 20.4. The largest absolute Gasteiger partial charge is 0.309 e. The zero-order valence-electron chi connectivity index (χ0n) is 30.8. The van der Waals surface area contributed by atoms with Crippen molar-refractivity contribution in [3.63, 3.8) is 0 Å². The van der Waals surface area contributed by atoms with E-state index < -0.39 is 5.41 Å². The fourth-order valence-electron chi connectivity index (χ4n) is 9.65. The van der Waals surface area contributed by atoms with Gasteiger partial charge in [-0.3, -0.25) is 0 Å². The van der Waals surface area contributed by atoms with Crippen molar-refractivity contribution in [1.29, 1.82) is 0 Å². The first-order valence-corrected chi connectivity index (χ1v) is 19.4. The molecule has 2 aliphatic rings. The SMILES string of the molecule is c1ccc(-c2ccccc2N(c2ccc3c(c2)-c2ccccc2-c2ccccc2C32c3ccccc3-c3ccccc32)c2ccccc2-c2ccccc2)cc1. The molecule has 0 heterocycles. The highest BCUT2D eigenvalue weighted by Crippen LogP contribution is 2.62. The van der Waals surface area contributed by atoms with E-state index in [2.05, 4.69) is 229 Å². The molecule has 0 unspecified atom stereocenters. The zero-order valence-corrected chi connectivity index (χ0v) is 30.8. The van der Waals surface area contributed by atoms with Gasteiger partial charge in [0.2, 0.25) is 0 Å². The van der Waals surface area contributed by atoms with Crippen LogP contribution in [0.5, 0.6) is 0 Å².